The van der Waals surface area contributed by atoms with Gasteiger partial charge in [-0.05, 0) is 62.4 Å². The summed E-state index contributed by atoms with van der Waals surface area (Å²) in [5, 5.41) is 15.3. The van der Waals surface area contributed by atoms with Gasteiger partial charge in [-0.3, -0.25) is 14.2 Å². The van der Waals surface area contributed by atoms with Gasteiger partial charge in [0.25, 0.3) is 11.5 Å². The van der Waals surface area contributed by atoms with Crippen LogP contribution in [0.2, 0.25) is 0 Å². The van der Waals surface area contributed by atoms with E-state index in [-0.39, 0.29) is 23.0 Å². The molecule has 0 saturated heterocycles. The second-order valence-corrected chi connectivity index (χ2v) is 10.8. The monoisotopic (exact) mass is 534 g/mol. The number of hydrogen-bond acceptors (Lipinski definition) is 8. The van der Waals surface area contributed by atoms with Crippen LogP contribution in [-0.2, 0) is 17.6 Å². The molecule has 2 aromatic heterocycles. The Labute approximate surface area is 222 Å². The molecule has 0 fully saturated rings. The Bertz CT molecular complexity index is 1560. The summed E-state index contributed by atoms with van der Waals surface area (Å²) in [7, 11) is 1.46. The minimum atomic E-state index is -0.362. The molecule has 5 rings (SSSR count). The Kier molecular flexibility index (Phi) is 7.29. The zero-order valence-electron chi connectivity index (χ0n) is 20.5. The molecule has 8 nitrogen and oxygen atoms in total. The zero-order valence-corrected chi connectivity index (χ0v) is 22.1. The number of ether oxygens (including phenoxy) is 1. The number of benzene rings is 2. The molecule has 0 aliphatic heterocycles. The number of hydrogen-bond donors (Lipinski definition) is 2. The van der Waals surface area contributed by atoms with Crippen LogP contribution in [0.3, 0.4) is 0 Å². The second-order valence-electron chi connectivity index (χ2n) is 8.74. The number of aryl methyl sites for hydroxylation is 3. The predicted molar refractivity (Wildman–Crippen MR) is 148 cm³/mol. The van der Waals surface area contributed by atoms with Gasteiger partial charge in [-0.15, -0.1) is 11.3 Å². The molecule has 4 aromatic rings. The first-order valence-electron chi connectivity index (χ1n) is 11.9. The van der Waals surface area contributed by atoms with Crippen molar-refractivity contribution in [3.05, 3.63) is 74.4 Å². The predicted octanol–water partition coefficient (Wildman–Crippen LogP) is 4.59. The number of aromatic nitrogens is 2. The number of carbonyl (C=O) groups excluding carboxylic acids is 1. The minimum absolute atomic E-state index is 0.0102. The van der Waals surface area contributed by atoms with Crippen molar-refractivity contribution in [1.29, 1.82) is 0 Å². The summed E-state index contributed by atoms with van der Waals surface area (Å²) in [5.41, 5.74) is 5.73. The van der Waals surface area contributed by atoms with Gasteiger partial charge in [0.15, 0.2) is 16.7 Å². The number of carbonyl (C=O) groups is 1. The third-order valence-electron chi connectivity index (χ3n) is 6.23. The van der Waals surface area contributed by atoms with Crippen molar-refractivity contribution in [3.8, 4) is 17.2 Å². The highest BCUT2D eigenvalue weighted by molar-refractivity contribution is 7.99. The SMILES string of the molecule is COc1cccc(C=NNC(=O)CSc2nc3sc4c(c3c(=O)n2-c2ccc(C)cc2)CCCC4)c1O. The molecule has 0 bridgehead atoms. The number of aromatic hydroxyl groups is 1. The van der Waals surface area contributed by atoms with Crippen LogP contribution in [0.1, 0.15) is 34.4 Å². The fourth-order valence-electron chi connectivity index (χ4n) is 4.35. The fraction of sp³-hybridized carbons (Fsp3) is 0.259. The van der Waals surface area contributed by atoms with Gasteiger partial charge in [0.2, 0.25) is 0 Å². The molecule has 2 N–H and O–H groups in total. The van der Waals surface area contributed by atoms with Gasteiger partial charge in [0.05, 0.1) is 30.2 Å². The van der Waals surface area contributed by atoms with E-state index in [1.807, 2.05) is 31.2 Å². The number of rotatable bonds is 7. The van der Waals surface area contributed by atoms with Gasteiger partial charge in [-0.1, -0.05) is 35.5 Å². The number of para-hydroxylation sites is 1. The highest BCUT2D eigenvalue weighted by Crippen LogP contribution is 2.35. The molecule has 37 heavy (non-hydrogen) atoms. The molecule has 0 unspecified atom stereocenters. The summed E-state index contributed by atoms with van der Waals surface area (Å²) in [6.07, 6.45) is 5.43. The minimum Gasteiger partial charge on any atom is -0.504 e. The molecule has 0 spiro atoms. The average molecular weight is 535 g/mol. The summed E-state index contributed by atoms with van der Waals surface area (Å²) in [4.78, 5) is 33.2. The molecule has 0 radical (unpaired) electrons. The number of fused-ring (bicyclic) bond motifs is 3. The number of phenols is 1. The molecular weight excluding hydrogens is 508 g/mol. The molecule has 1 aliphatic rings. The average Bonchev–Trinajstić information content (AvgIpc) is 3.28. The zero-order chi connectivity index (χ0) is 25.9. The van der Waals surface area contributed by atoms with Gasteiger partial charge < -0.3 is 9.84 Å². The Morgan fingerprint density at radius 1 is 1.24 bits per heavy atom. The standard InChI is InChI=1S/C27H26N4O4S2/c1-16-10-12-18(13-11-16)31-26(34)23-19-7-3-4-9-21(19)37-25(23)29-27(31)36-15-22(32)30-28-14-17-6-5-8-20(35-2)24(17)33/h5-6,8,10-14,33H,3-4,7,9,15H2,1-2H3,(H,30,32). The number of nitrogens with one attached hydrogen (secondary N) is 1. The summed E-state index contributed by atoms with van der Waals surface area (Å²) >= 11 is 2.78. The van der Waals surface area contributed by atoms with E-state index < -0.39 is 0 Å². The van der Waals surface area contributed by atoms with Gasteiger partial charge in [-0.2, -0.15) is 5.10 Å². The van der Waals surface area contributed by atoms with Crippen LogP contribution in [0.5, 0.6) is 11.5 Å². The number of nitrogens with zero attached hydrogens (tertiary/aromatic N) is 3. The summed E-state index contributed by atoms with van der Waals surface area (Å²) < 4.78 is 6.70. The van der Waals surface area contributed by atoms with Crippen LogP contribution in [0.4, 0.5) is 0 Å². The molecular formula is C27H26N4O4S2. The first-order valence-corrected chi connectivity index (χ1v) is 13.7. The Morgan fingerprint density at radius 3 is 2.81 bits per heavy atom. The smallest absolute Gasteiger partial charge is 0.267 e. The topological polar surface area (TPSA) is 106 Å². The van der Waals surface area contributed by atoms with Gasteiger partial charge in [0.1, 0.15) is 4.83 Å². The van der Waals surface area contributed by atoms with E-state index in [4.69, 9.17) is 9.72 Å². The van der Waals surface area contributed by atoms with Crippen LogP contribution in [0.15, 0.2) is 57.5 Å². The largest absolute Gasteiger partial charge is 0.504 e. The van der Waals surface area contributed by atoms with Crippen molar-refractivity contribution in [2.24, 2.45) is 5.10 Å². The van der Waals surface area contributed by atoms with Gasteiger partial charge in [0, 0.05) is 10.4 Å². The quantitative estimate of drug-likeness (QED) is 0.156. The molecule has 2 aromatic carbocycles. The van der Waals surface area contributed by atoms with Gasteiger partial charge in [-0.25, -0.2) is 10.4 Å². The maximum atomic E-state index is 13.8. The number of thiophene rings is 1. The van der Waals surface area contributed by atoms with Crippen molar-refractivity contribution >= 4 is 45.4 Å². The number of hydrazone groups is 1. The third-order valence-corrected chi connectivity index (χ3v) is 8.35. The Hall–Kier alpha value is -3.63. The molecule has 1 aliphatic carbocycles. The van der Waals surface area contributed by atoms with Crippen molar-refractivity contribution in [1.82, 2.24) is 15.0 Å². The normalized spacial score (nSPS) is 13.1. The van der Waals surface area contributed by atoms with Crippen molar-refractivity contribution in [2.75, 3.05) is 12.9 Å². The van der Waals surface area contributed by atoms with Crippen molar-refractivity contribution in [2.45, 2.75) is 37.8 Å². The Morgan fingerprint density at radius 2 is 2.03 bits per heavy atom. The molecule has 2 heterocycles. The lowest BCUT2D eigenvalue weighted by Crippen LogP contribution is -2.24. The first-order chi connectivity index (χ1) is 18.0. The number of phenolic OH excluding ortho intramolecular Hbond substituents is 1. The van der Waals surface area contributed by atoms with Crippen LogP contribution < -0.4 is 15.7 Å². The number of thioether (sulfide) groups is 1. The summed E-state index contributed by atoms with van der Waals surface area (Å²) in [6.45, 7) is 2.00. The number of methoxy groups -OCH3 is 1. The summed E-state index contributed by atoms with van der Waals surface area (Å²) in [6, 6.07) is 12.7. The van der Waals surface area contributed by atoms with E-state index in [0.717, 1.165) is 47.3 Å². The molecule has 1 amide bonds. The highest BCUT2D eigenvalue weighted by Gasteiger charge is 2.23. The molecule has 0 saturated carbocycles. The number of amides is 1. The fourth-order valence-corrected chi connectivity index (χ4v) is 6.46. The summed E-state index contributed by atoms with van der Waals surface area (Å²) in [5.74, 6) is -0.0951. The van der Waals surface area contributed by atoms with Crippen LogP contribution >= 0.6 is 23.1 Å². The van der Waals surface area contributed by atoms with Crippen LogP contribution in [-0.4, -0.2) is 39.6 Å². The van der Waals surface area contributed by atoms with E-state index in [0.29, 0.717) is 21.9 Å². The lowest BCUT2D eigenvalue weighted by atomic mass is 9.97. The highest BCUT2D eigenvalue weighted by atomic mass is 32.2. The van der Waals surface area contributed by atoms with E-state index in [1.165, 1.54) is 30.0 Å². The van der Waals surface area contributed by atoms with Crippen molar-refractivity contribution < 1.29 is 14.6 Å². The molecule has 0 atom stereocenters. The van der Waals surface area contributed by atoms with Crippen LogP contribution in [0, 0.1) is 6.92 Å². The molecule has 10 heteroatoms. The second kappa shape index (κ2) is 10.8. The Balaban J connectivity index is 1.41. The van der Waals surface area contributed by atoms with Crippen molar-refractivity contribution in [3.63, 3.8) is 0 Å². The maximum absolute atomic E-state index is 13.8. The maximum Gasteiger partial charge on any atom is 0.267 e. The van der Waals surface area contributed by atoms with E-state index >= 15 is 0 Å². The lowest BCUT2D eigenvalue weighted by Gasteiger charge is -2.13. The van der Waals surface area contributed by atoms with E-state index in [1.54, 1.807) is 34.1 Å². The lowest BCUT2D eigenvalue weighted by molar-refractivity contribution is -0.118. The van der Waals surface area contributed by atoms with Crippen LogP contribution in [0.25, 0.3) is 15.9 Å². The van der Waals surface area contributed by atoms with E-state index in [9.17, 15) is 14.7 Å². The van der Waals surface area contributed by atoms with Gasteiger partial charge >= 0.3 is 0 Å². The first kappa shape index (κ1) is 25.0. The van der Waals surface area contributed by atoms with E-state index in [2.05, 4.69) is 10.5 Å². The third kappa shape index (κ3) is 5.12. The molecule has 190 valence electrons.